The van der Waals surface area contributed by atoms with Crippen molar-refractivity contribution in [1.82, 2.24) is 0 Å². The quantitative estimate of drug-likeness (QED) is 0.340. The molecule has 104 valence electrons. The van der Waals surface area contributed by atoms with E-state index in [2.05, 4.69) is 10.1 Å². The molecule has 4 N–H and O–H groups in total. The Hall–Kier alpha value is -1.46. The summed E-state index contributed by atoms with van der Waals surface area (Å²) in [6.07, 6.45) is 1.83. The lowest BCUT2D eigenvalue weighted by Gasteiger charge is -2.22. The van der Waals surface area contributed by atoms with E-state index in [9.17, 15) is 0 Å². The fraction of sp³-hybridized carbons (Fsp3) is 0.462. The van der Waals surface area contributed by atoms with Crippen molar-refractivity contribution >= 4 is 23.1 Å². The number of oxime groups is 1. The van der Waals surface area contributed by atoms with E-state index in [4.69, 9.17) is 27.6 Å². The summed E-state index contributed by atoms with van der Waals surface area (Å²) in [4.78, 5) is 2.17. The molecule has 0 amide bonds. The van der Waals surface area contributed by atoms with Gasteiger partial charge in [-0.2, -0.15) is 0 Å². The van der Waals surface area contributed by atoms with Gasteiger partial charge in [0.05, 0.1) is 10.6 Å². The number of hydrogen-bond acceptors (Lipinski definition) is 4. The molecule has 1 saturated heterocycles. The van der Waals surface area contributed by atoms with Gasteiger partial charge < -0.3 is 20.9 Å². The maximum Gasteiger partial charge on any atom is 0.173 e. The molecular formula is C13H18ClN3O2. The summed E-state index contributed by atoms with van der Waals surface area (Å²) in [6, 6.07) is 5.49. The molecule has 6 heteroatoms. The van der Waals surface area contributed by atoms with Crippen LogP contribution >= 0.6 is 11.6 Å². The van der Waals surface area contributed by atoms with Crippen molar-refractivity contribution in [3.05, 3.63) is 28.8 Å². The van der Waals surface area contributed by atoms with Gasteiger partial charge in [0.1, 0.15) is 0 Å². The molecule has 1 aromatic carbocycles. The number of rotatable bonds is 4. The van der Waals surface area contributed by atoms with Crippen LogP contribution in [-0.4, -0.2) is 35.8 Å². The van der Waals surface area contributed by atoms with Gasteiger partial charge in [-0.05, 0) is 30.9 Å². The van der Waals surface area contributed by atoms with Gasteiger partial charge >= 0.3 is 0 Å². The molecule has 2 rings (SSSR count). The van der Waals surface area contributed by atoms with E-state index in [1.54, 1.807) is 6.07 Å². The van der Waals surface area contributed by atoms with Crippen LogP contribution < -0.4 is 10.6 Å². The van der Waals surface area contributed by atoms with Crippen molar-refractivity contribution in [2.24, 2.45) is 16.8 Å². The van der Waals surface area contributed by atoms with Gasteiger partial charge in [0, 0.05) is 25.4 Å². The normalized spacial score (nSPS) is 20.0. The highest BCUT2D eigenvalue weighted by atomic mass is 35.5. The van der Waals surface area contributed by atoms with E-state index >= 15 is 0 Å². The number of benzene rings is 1. The number of aliphatic hydroxyl groups is 1. The van der Waals surface area contributed by atoms with Crippen molar-refractivity contribution in [3.63, 3.8) is 0 Å². The zero-order chi connectivity index (χ0) is 13.8. The minimum atomic E-state index is 0.0196. The van der Waals surface area contributed by atoms with E-state index in [-0.39, 0.29) is 12.4 Å². The first kappa shape index (κ1) is 14.0. The lowest BCUT2D eigenvalue weighted by molar-refractivity contribution is 0.263. The second-order valence-corrected chi connectivity index (χ2v) is 5.14. The molecule has 5 nitrogen and oxygen atoms in total. The second-order valence-electron chi connectivity index (χ2n) is 4.73. The monoisotopic (exact) mass is 283 g/mol. The Morgan fingerprint density at radius 1 is 1.53 bits per heavy atom. The summed E-state index contributed by atoms with van der Waals surface area (Å²) >= 11 is 6.14. The summed E-state index contributed by atoms with van der Waals surface area (Å²) in [5.41, 5.74) is 7.15. The van der Waals surface area contributed by atoms with Crippen LogP contribution in [0.5, 0.6) is 0 Å². The highest BCUT2D eigenvalue weighted by molar-refractivity contribution is 6.34. The fourth-order valence-electron chi connectivity index (χ4n) is 2.55. The van der Waals surface area contributed by atoms with Crippen LogP contribution in [0.15, 0.2) is 23.4 Å². The van der Waals surface area contributed by atoms with Gasteiger partial charge in [-0.3, -0.25) is 0 Å². The van der Waals surface area contributed by atoms with Gasteiger partial charge in [0.2, 0.25) is 0 Å². The lowest BCUT2D eigenvalue weighted by atomic mass is 10.1. The van der Waals surface area contributed by atoms with Crippen molar-refractivity contribution in [1.29, 1.82) is 0 Å². The van der Waals surface area contributed by atoms with Crippen LogP contribution in [0.1, 0.15) is 18.4 Å². The fourth-order valence-corrected chi connectivity index (χ4v) is 2.82. The standard InChI is InChI=1S/C13H18ClN3O2/c14-10-2-1-3-11(12(10)13(15)16-19)17-6-4-9(8-17)5-7-18/h1-3,9,18-19H,4-8H2,(H2,15,16). The number of amidine groups is 1. The van der Waals surface area contributed by atoms with Crippen molar-refractivity contribution in [3.8, 4) is 0 Å². The number of halogens is 1. The molecule has 0 radical (unpaired) electrons. The first-order valence-electron chi connectivity index (χ1n) is 6.29. The zero-order valence-electron chi connectivity index (χ0n) is 10.6. The molecule has 0 saturated carbocycles. The van der Waals surface area contributed by atoms with E-state index in [0.29, 0.717) is 16.5 Å². The maximum atomic E-state index is 9.00. The van der Waals surface area contributed by atoms with Crippen molar-refractivity contribution < 1.29 is 10.3 Å². The third-order valence-corrected chi connectivity index (χ3v) is 3.83. The number of anilines is 1. The second kappa shape index (κ2) is 6.12. The number of nitrogens with zero attached hydrogens (tertiary/aromatic N) is 2. The largest absolute Gasteiger partial charge is 0.409 e. The van der Waals surface area contributed by atoms with E-state index in [0.717, 1.165) is 31.6 Å². The van der Waals surface area contributed by atoms with Gasteiger partial charge in [-0.1, -0.05) is 22.8 Å². The number of nitrogens with two attached hydrogens (primary N) is 1. The highest BCUT2D eigenvalue weighted by Gasteiger charge is 2.25. The average Bonchev–Trinajstić information content (AvgIpc) is 2.86. The third kappa shape index (κ3) is 2.93. The Morgan fingerprint density at radius 2 is 2.32 bits per heavy atom. The summed E-state index contributed by atoms with van der Waals surface area (Å²) in [5.74, 6) is 0.496. The van der Waals surface area contributed by atoms with Crippen LogP contribution in [0.25, 0.3) is 0 Å². The van der Waals surface area contributed by atoms with E-state index in [1.165, 1.54) is 0 Å². The Labute approximate surface area is 117 Å². The minimum Gasteiger partial charge on any atom is -0.409 e. The minimum absolute atomic E-state index is 0.0196. The predicted octanol–water partition coefficient (Wildman–Crippen LogP) is 1.64. The Balaban J connectivity index is 2.28. The predicted molar refractivity (Wildman–Crippen MR) is 76.0 cm³/mol. The summed E-state index contributed by atoms with van der Waals surface area (Å²) in [6.45, 7) is 1.95. The van der Waals surface area contributed by atoms with Gasteiger partial charge in [-0.15, -0.1) is 0 Å². The van der Waals surface area contributed by atoms with E-state index < -0.39 is 0 Å². The van der Waals surface area contributed by atoms with Crippen LogP contribution in [0.3, 0.4) is 0 Å². The molecule has 1 unspecified atom stereocenters. The van der Waals surface area contributed by atoms with Crippen LogP contribution in [-0.2, 0) is 0 Å². The highest BCUT2D eigenvalue weighted by Crippen LogP contribution is 2.32. The Morgan fingerprint density at radius 3 is 3.00 bits per heavy atom. The zero-order valence-corrected chi connectivity index (χ0v) is 11.3. The summed E-state index contributed by atoms with van der Waals surface area (Å²) in [5, 5.41) is 21.4. The Kier molecular flexibility index (Phi) is 4.50. The number of hydrogen-bond donors (Lipinski definition) is 3. The molecule has 19 heavy (non-hydrogen) atoms. The number of aliphatic hydroxyl groups excluding tert-OH is 1. The maximum absolute atomic E-state index is 9.00. The molecule has 0 aliphatic carbocycles. The third-order valence-electron chi connectivity index (χ3n) is 3.52. The summed E-state index contributed by atoms with van der Waals surface area (Å²) in [7, 11) is 0. The van der Waals surface area contributed by atoms with E-state index in [1.807, 2.05) is 12.1 Å². The average molecular weight is 284 g/mol. The van der Waals surface area contributed by atoms with Crippen LogP contribution in [0.4, 0.5) is 5.69 Å². The SMILES string of the molecule is N/C(=N/O)c1c(Cl)cccc1N1CCC(CCO)C1. The molecule has 1 aliphatic rings. The molecule has 1 atom stereocenters. The molecule has 1 heterocycles. The van der Waals surface area contributed by atoms with Gasteiger partial charge in [-0.25, -0.2) is 0 Å². The molecule has 1 fully saturated rings. The molecule has 0 bridgehead atoms. The topological polar surface area (TPSA) is 82.1 Å². The first-order chi connectivity index (χ1) is 9.17. The van der Waals surface area contributed by atoms with Gasteiger partial charge in [0.15, 0.2) is 5.84 Å². The molecule has 0 aromatic heterocycles. The molecule has 0 spiro atoms. The molecule has 1 aliphatic heterocycles. The molecular weight excluding hydrogens is 266 g/mol. The molecule has 1 aromatic rings. The van der Waals surface area contributed by atoms with Gasteiger partial charge in [0.25, 0.3) is 0 Å². The Bertz CT molecular complexity index is 479. The van der Waals surface area contributed by atoms with Crippen molar-refractivity contribution in [2.45, 2.75) is 12.8 Å². The first-order valence-corrected chi connectivity index (χ1v) is 6.67. The van der Waals surface area contributed by atoms with Crippen LogP contribution in [0, 0.1) is 5.92 Å². The van der Waals surface area contributed by atoms with Crippen molar-refractivity contribution in [2.75, 3.05) is 24.6 Å². The summed E-state index contributed by atoms with van der Waals surface area (Å²) < 4.78 is 0. The smallest absolute Gasteiger partial charge is 0.173 e. The van der Waals surface area contributed by atoms with Crippen LogP contribution in [0.2, 0.25) is 5.02 Å². The lowest BCUT2D eigenvalue weighted by Crippen LogP contribution is -2.25.